The molecule has 0 bridgehead atoms. The minimum Gasteiger partial charge on any atom is -0.375 e. The molecule has 1 unspecified atom stereocenters. The van der Waals surface area contributed by atoms with E-state index >= 15 is 0 Å². The van der Waals surface area contributed by atoms with Gasteiger partial charge in [0.2, 0.25) is 0 Å². The molecule has 2 aliphatic rings. The van der Waals surface area contributed by atoms with Gasteiger partial charge in [-0.05, 0) is 24.3 Å². The zero-order valence-corrected chi connectivity index (χ0v) is 12.2. The third-order valence-electron chi connectivity index (χ3n) is 3.24. The van der Waals surface area contributed by atoms with E-state index < -0.39 is 0 Å². The van der Waals surface area contributed by atoms with Crippen LogP contribution in [-0.4, -0.2) is 6.04 Å². The number of nitrogens with one attached hydrogen (secondary N) is 2. The third kappa shape index (κ3) is 2.19. The summed E-state index contributed by atoms with van der Waals surface area (Å²) in [6.07, 6.45) is 2.08. The standard InChI is InChI=1S/C16H12N2S2/c1-4-8-15-11(5-1)17-9-16(20-15)13-10-19-14-7-3-2-6-12(14)18-13/h1-9,13,17-18H. The maximum atomic E-state index is 3.54. The van der Waals surface area contributed by atoms with E-state index in [1.165, 1.54) is 26.1 Å². The predicted molar refractivity (Wildman–Crippen MR) is 87.0 cm³/mol. The van der Waals surface area contributed by atoms with Crippen molar-refractivity contribution in [1.29, 1.82) is 0 Å². The van der Waals surface area contributed by atoms with E-state index in [0.717, 1.165) is 0 Å². The highest BCUT2D eigenvalue weighted by Crippen LogP contribution is 2.44. The normalized spacial score (nSPS) is 20.0. The molecule has 2 heterocycles. The molecule has 2 nitrogen and oxygen atoms in total. The molecular weight excluding hydrogens is 284 g/mol. The van der Waals surface area contributed by atoms with Crippen LogP contribution >= 0.6 is 23.5 Å². The number of hydrogen-bond acceptors (Lipinski definition) is 4. The number of fused-ring (bicyclic) bond motifs is 2. The third-order valence-corrected chi connectivity index (χ3v) is 5.34. The topological polar surface area (TPSA) is 24.1 Å². The van der Waals surface area contributed by atoms with Gasteiger partial charge in [0, 0.05) is 26.6 Å². The molecular formula is C16H12N2S2. The Bertz CT molecular complexity index is 682. The van der Waals surface area contributed by atoms with Crippen molar-refractivity contribution in [2.45, 2.75) is 15.8 Å². The molecule has 0 fully saturated rings. The van der Waals surface area contributed by atoms with Gasteiger partial charge in [0.05, 0.1) is 17.5 Å². The van der Waals surface area contributed by atoms with Crippen molar-refractivity contribution >= 4 is 34.9 Å². The van der Waals surface area contributed by atoms with Crippen molar-refractivity contribution in [1.82, 2.24) is 0 Å². The summed E-state index contributed by atoms with van der Waals surface area (Å²) in [5.41, 5.74) is 2.35. The number of para-hydroxylation sites is 2. The Hall–Kier alpha value is -1.52. The van der Waals surface area contributed by atoms with Gasteiger partial charge in [-0.3, -0.25) is 0 Å². The van der Waals surface area contributed by atoms with Gasteiger partial charge in [0.25, 0.3) is 0 Å². The lowest BCUT2D eigenvalue weighted by molar-refractivity contribution is 1.03. The van der Waals surface area contributed by atoms with Gasteiger partial charge >= 0.3 is 0 Å². The first-order valence-electron chi connectivity index (χ1n) is 6.41. The second kappa shape index (κ2) is 5.11. The summed E-state index contributed by atoms with van der Waals surface area (Å²) in [4.78, 5) is 3.74. The van der Waals surface area contributed by atoms with Crippen LogP contribution in [0.3, 0.4) is 0 Å². The summed E-state index contributed by atoms with van der Waals surface area (Å²) in [6.45, 7) is 0. The van der Waals surface area contributed by atoms with Crippen LogP contribution in [0.15, 0.2) is 69.4 Å². The molecule has 4 rings (SSSR count). The van der Waals surface area contributed by atoms with Gasteiger partial charge in [-0.2, -0.15) is 0 Å². The van der Waals surface area contributed by atoms with Crippen molar-refractivity contribution < 1.29 is 0 Å². The average molecular weight is 296 g/mol. The molecule has 2 N–H and O–H groups in total. The molecule has 20 heavy (non-hydrogen) atoms. The van der Waals surface area contributed by atoms with Crippen molar-refractivity contribution in [3.63, 3.8) is 0 Å². The van der Waals surface area contributed by atoms with E-state index in [1.54, 1.807) is 23.5 Å². The van der Waals surface area contributed by atoms with Crippen LogP contribution in [0.1, 0.15) is 0 Å². The number of benzene rings is 2. The maximum Gasteiger partial charge on any atom is 0.0833 e. The van der Waals surface area contributed by atoms with E-state index in [2.05, 4.69) is 71.1 Å². The summed E-state index contributed by atoms with van der Waals surface area (Å²) in [6, 6.07) is 16.8. The fourth-order valence-corrected chi connectivity index (χ4v) is 4.11. The van der Waals surface area contributed by atoms with E-state index in [4.69, 9.17) is 0 Å². The Labute approximate surface area is 127 Å². The first kappa shape index (κ1) is 12.2. The highest BCUT2D eigenvalue weighted by Gasteiger charge is 2.25. The van der Waals surface area contributed by atoms with Gasteiger partial charge in [0.15, 0.2) is 0 Å². The van der Waals surface area contributed by atoms with Crippen LogP contribution in [0, 0.1) is 5.75 Å². The van der Waals surface area contributed by atoms with E-state index in [9.17, 15) is 0 Å². The van der Waals surface area contributed by atoms with Crippen LogP contribution in [0.2, 0.25) is 0 Å². The molecule has 2 aromatic carbocycles. The molecule has 0 saturated heterocycles. The predicted octanol–water partition coefficient (Wildman–Crippen LogP) is 4.67. The summed E-state index contributed by atoms with van der Waals surface area (Å²) < 4.78 is 0. The molecule has 2 aromatic rings. The highest BCUT2D eigenvalue weighted by atomic mass is 32.2. The second-order valence-electron chi connectivity index (χ2n) is 4.58. The minimum atomic E-state index is 0.126. The lowest BCUT2D eigenvalue weighted by Crippen LogP contribution is -2.25. The quantitative estimate of drug-likeness (QED) is 0.798. The Morgan fingerprint density at radius 1 is 0.900 bits per heavy atom. The second-order valence-corrected chi connectivity index (χ2v) is 6.58. The first-order valence-corrected chi connectivity index (χ1v) is 8.05. The molecule has 0 spiro atoms. The van der Waals surface area contributed by atoms with Gasteiger partial charge < -0.3 is 10.6 Å². The lowest BCUT2D eigenvalue weighted by atomic mass is 10.2. The van der Waals surface area contributed by atoms with Crippen molar-refractivity contribution in [3.8, 4) is 0 Å². The highest BCUT2D eigenvalue weighted by molar-refractivity contribution is 8.04. The Morgan fingerprint density at radius 3 is 2.55 bits per heavy atom. The fraction of sp³-hybridized carbons (Fsp3) is 0.0625. The van der Waals surface area contributed by atoms with E-state index in [1.807, 2.05) is 0 Å². The van der Waals surface area contributed by atoms with E-state index in [-0.39, 0.29) is 6.04 Å². The molecule has 98 valence electrons. The van der Waals surface area contributed by atoms with Crippen LogP contribution in [0.4, 0.5) is 11.4 Å². The molecule has 0 amide bonds. The van der Waals surface area contributed by atoms with Crippen LogP contribution in [-0.2, 0) is 0 Å². The summed E-state index contributed by atoms with van der Waals surface area (Å²) in [7, 11) is 0. The molecule has 0 saturated carbocycles. The Kier molecular flexibility index (Phi) is 3.13. The van der Waals surface area contributed by atoms with Crippen LogP contribution < -0.4 is 10.6 Å². The number of anilines is 2. The zero-order chi connectivity index (χ0) is 13.4. The van der Waals surface area contributed by atoms with Gasteiger partial charge in [-0.1, -0.05) is 36.0 Å². The van der Waals surface area contributed by atoms with Gasteiger partial charge in [-0.15, -0.1) is 11.8 Å². The smallest absolute Gasteiger partial charge is 0.0833 e. The number of rotatable bonds is 1. The largest absolute Gasteiger partial charge is 0.375 e. The minimum absolute atomic E-state index is 0.126. The van der Waals surface area contributed by atoms with Crippen molar-refractivity contribution in [2.75, 3.05) is 10.6 Å². The number of hydrogen-bond donors (Lipinski definition) is 2. The van der Waals surface area contributed by atoms with Gasteiger partial charge in [0.1, 0.15) is 0 Å². The fourth-order valence-electron chi connectivity index (χ4n) is 2.23. The number of thioether (sulfide) groups is 2. The Morgan fingerprint density at radius 2 is 1.65 bits per heavy atom. The molecule has 0 aromatic heterocycles. The first-order chi connectivity index (χ1) is 9.90. The Balaban J connectivity index is 1.57. The monoisotopic (exact) mass is 296 g/mol. The molecule has 2 radical (unpaired) electrons. The van der Waals surface area contributed by atoms with E-state index in [0.29, 0.717) is 0 Å². The van der Waals surface area contributed by atoms with Crippen LogP contribution in [0.25, 0.3) is 0 Å². The van der Waals surface area contributed by atoms with Crippen LogP contribution in [0.5, 0.6) is 0 Å². The molecule has 2 aliphatic heterocycles. The average Bonchev–Trinajstić information content (AvgIpc) is 2.54. The SMILES string of the molecule is [C]1Sc2ccccc2NC1C1=CNc2ccccc2S1. The summed E-state index contributed by atoms with van der Waals surface area (Å²) in [5, 5.41) is 6.90. The zero-order valence-electron chi connectivity index (χ0n) is 10.6. The maximum absolute atomic E-state index is 3.54. The summed E-state index contributed by atoms with van der Waals surface area (Å²) in [5.74, 6) is 3.45. The van der Waals surface area contributed by atoms with Gasteiger partial charge in [-0.25, -0.2) is 0 Å². The molecule has 4 heteroatoms. The lowest BCUT2D eigenvalue weighted by Gasteiger charge is -2.29. The molecule has 0 aliphatic carbocycles. The molecule has 1 atom stereocenters. The summed E-state index contributed by atoms with van der Waals surface area (Å²) >= 11 is 3.48. The van der Waals surface area contributed by atoms with Crippen molar-refractivity contribution in [2.24, 2.45) is 0 Å². The van der Waals surface area contributed by atoms with Crippen molar-refractivity contribution in [3.05, 3.63) is 65.4 Å².